The first kappa shape index (κ1) is 17.1. The monoisotopic (exact) mass is 364 g/mol. The van der Waals surface area contributed by atoms with E-state index in [4.69, 9.17) is 9.47 Å². The molecule has 0 spiro atoms. The lowest BCUT2D eigenvalue weighted by Gasteiger charge is -2.31. The Kier molecular flexibility index (Phi) is 4.74. The summed E-state index contributed by atoms with van der Waals surface area (Å²) in [6.07, 6.45) is 6.55. The Balaban J connectivity index is 1.55. The van der Waals surface area contributed by atoms with Gasteiger partial charge in [-0.1, -0.05) is 12.1 Å². The van der Waals surface area contributed by atoms with Crippen molar-refractivity contribution in [1.82, 2.24) is 19.4 Å². The number of nitrogens with zero attached hydrogens (tertiary/aromatic N) is 4. The van der Waals surface area contributed by atoms with Crippen molar-refractivity contribution in [1.29, 1.82) is 0 Å². The van der Waals surface area contributed by atoms with E-state index in [0.29, 0.717) is 31.0 Å². The van der Waals surface area contributed by atoms with E-state index in [1.165, 1.54) is 0 Å². The topological polar surface area (TPSA) is 69.5 Å². The summed E-state index contributed by atoms with van der Waals surface area (Å²) >= 11 is 0. The highest BCUT2D eigenvalue weighted by Crippen LogP contribution is 2.31. The number of imidazole rings is 1. The van der Waals surface area contributed by atoms with Crippen LogP contribution in [0.25, 0.3) is 0 Å². The molecule has 1 aliphatic heterocycles. The fourth-order valence-corrected chi connectivity index (χ4v) is 3.01. The number of ether oxygens (including phenoxy) is 2. The summed E-state index contributed by atoms with van der Waals surface area (Å²) in [4.78, 5) is 23.1. The molecule has 1 unspecified atom stereocenters. The van der Waals surface area contributed by atoms with Crippen LogP contribution in [0.4, 0.5) is 0 Å². The minimum absolute atomic E-state index is 0.0946. The number of rotatable bonds is 5. The van der Waals surface area contributed by atoms with E-state index in [9.17, 15) is 4.79 Å². The Morgan fingerprint density at radius 2 is 1.96 bits per heavy atom. The number of carbonyl (C=O) groups is 1. The summed E-state index contributed by atoms with van der Waals surface area (Å²) in [5.41, 5.74) is 0.580. The number of para-hydroxylation sites is 2. The lowest BCUT2D eigenvalue weighted by Crippen LogP contribution is -2.43. The number of carbonyl (C=O) groups excluding carboxylic acids is 1. The SMILES string of the molecule is Cn1ccnc1CN(CC1COc2ccccc2O1)C(=O)c1ccncc1. The van der Waals surface area contributed by atoms with Gasteiger partial charge in [0.25, 0.3) is 5.91 Å². The largest absolute Gasteiger partial charge is 0.486 e. The Morgan fingerprint density at radius 1 is 1.19 bits per heavy atom. The maximum atomic E-state index is 13.1. The number of aromatic nitrogens is 3. The summed E-state index contributed by atoms with van der Waals surface area (Å²) in [7, 11) is 1.91. The molecule has 1 aliphatic rings. The highest BCUT2D eigenvalue weighted by atomic mass is 16.6. The van der Waals surface area contributed by atoms with E-state index in [2.05, 4.69) is 9.97 Å². The molecule has 0 fully saturated rings. The predicted octanol–water partition coefficient (Wildman–Crippen LogP) is 2.30. The Labute approximate surface area is 157 Å². The summed E-state index contributed by atoms with van der Waals surface area (Å²) in [6, 6.07) is 11.0. The molecule has 0 aliphatic carbocycles. The highest BCUT2D eigenvalue weighted by Gasteiger charge is 2.27. The van der Waals surface area contributed by atoms with Crippen molar-refractivity contribution in [3.05, 3.63) is 72.6 Å². The van der Waals surface area contributed by atoms with Crippen molar-refractivity contribution in [2.45, 2.75) is 12.6 Å². The maximum Gasteiger partial charge on any atom is 0.254 e. The van der Waals surface area contributed by atoms with Crippen LogP contribution >= 0.6 is 0 Å². The van der Waals surface area contributed by atoms with Crippen molar-refractivity contribution in [3.63, 3.8) is 0 Å². The second-order valence-electron chi connectivity index (χ2n) is 6.37. The number of pyridine rings is 1. The van der Waals surface area contributed by atoms with Gasteiger partial charge >= 0.3 is 0 Å². The van der Waals surface area contributed by atoms with Crippen LogP contribution in [0.1, 0.15) is 16.2 Å². The third-order valence-corrected chi connectivity index (χ3v) is 4.46. The second kappa shape index (κ2) is 7.49. The van der Waals surface area contributed by atoms with Crippen molar-refractivity contribution in [2.24, 2.45) is 7.05 Å². The van der Waals surface area contributed by atoms with E-state index in [0.717, 1.165) is 11.6 Å². The van der Waals surface area contributed by atoms with Gasteiger partial charge in [-0.2, -0.15) is 0 Å². The van der Waals surface area contributed by atoms with E-state index in [1.54, 1.807) is 35.6 Å². The molecule has 4 rings (SSSR count). The van der Waals surface area contributed by atoms with Crippen LogP contribution in [0.2, 0.25) is 0 Å². The molecule has 1 amide bonds. The Morgan fingerprint density at radius 3 is 2.70 bits per heavy atom. The maximum absolute atomic E-state index is 13.1. The zero-order valence-corrected chi connectivity index (χ0v) is 15.0. The standard InChI is InChI=1S/C20H20N4O3/c1-23-11-10-22-19(23)13-24(20(25)15-6-8-21-9-7-15)12-16-14-26-17-4-2-3-5-18(17)27-16/h2-11,16H,12-14H2,1H3. The number of fused-ring (bicyclic) bond motifs is 1. The molecular formula is C20H20N4O3. The van der Waals surface area contributed by atoms with Crippen LogP contribution in [0, 0.1) is 0 Å². The zero-order chi connectivity index (χ0) is 18.6. The lowest BCUT2D eigenvalue weighted by atomic mass is 10.2. The van der Waals surface area contributed by atoms with Gasteiger partial charge < -0.3 is 18.9 Å². The van der Waals surface area contributed by atoms with Crippen LogP contribution in [-0.2, 0) is 13.6 Å². The second-order valence-corrected chi connectivity index (χ2v) is 6.37. The Bertz CT molecular complexity index is 926. The lowest BCUT2D eigenvalue weighted by molar-refractivity contribution is 0.0436. The molecule has 7 heteroatoms. The minimum Gasteiger partial charge on any atom is -0.486 e. The molecule has 0 bridgehead atoms. The molecule has 3 aromatic rings. The van der Waals surface area contributed by atoms with Gasteiger partial charge in [-0.3, -0.25) is 9.78 Å². The third-order valence-electron chi connectivity index (χ3n) is 4.46. The average molecular weight is 364 g/mol. The fourth-order valence-electron chi connectivity index (χ4n) is 3.01. The van der Waals surface area contributed by atoms with Gasteiger partial charge in [0, 0.05) is 37.4 Å². The third kappa shape index (κ3) is 3.76. The molecule has 1 atom stereocenters. The van der Waals surface area contributed by atoms with Gasteiger partial charge in [-0.15, -0.1) is 0 Å². The quantitative estimate of drug-likeness (QED) is 0.695. The van der Waals surface area contributed by atoms with E-state index < -0.39 is 0 Å². The normalized spacial score (nSPS) is 15.4. The molecular weight excluding hydrogens is 344 g/mol. The first-order chi connectivity index (χ1) is 13.2. The van der Waals surface area contributed by atoms with E-state index in [-0.39, 0.29) is 12.0 Å². The number of benzene rings is 1. The van der Waals surface area contributed by atoms with Gasteiger partial charge in [0.15, 0.2) is 17.6 Å². The molecule has 0 radical (unpaired) electrons. The van der Waals surface area contributed by atoms with Gasteiger partial charge in [-0.05, 0) is 24.3 Å². The number of amides is 1. The molecule has 138 valence electrons. The van der Waals surface area contributed by atoms with Gasteiger partial charge in [0.2, 0.25) is 0 Å². The van der Waals surface area contributed by atoms with E-state index >= 15 is 0 Å². The van der Waals surface area contributed by atoms with Crippen molar-refractivity contribution in [2.75, 3.05) is 13.2 Å². The van der Waals surface area contributed by atoms with Crippen molar-refractivity contribution in [3.8, 4) is 11.5 Å². The van der Waals surface area contributed by atoms with Crippen LogP contribution in [0.5, 0.6) is 11.5 Å². The average Bonchev–Trinajstić information content (AvgIpc) is 3.12. The molecule has 27 heavy (non-hydrogen) atoms. The first-order valence-electron chi connectivity index (χ1n) is 8.74. The summed E-state index contributed by atoms with van der Waals surface area (Å²) in [5, 5.41) is 0. The molecule has 0 saturated heterocycles. The van der Waals surface area contributed by atoms with Crippen LogP contribution in [0.15, 0.2) is 61.2 Å². The molecule has 7 nitrogen and oxygen atoms in total. The number of aryl methyl sites for hydroxylation is 1. The zero-order valence-electron chi connectivity index (χ0n) is 15.0. The van der Waals surface area contributed by atoms with Crippen LogP contribution in [-0.4, -0.2) is 44.6 Å². The van der Waals surface area contributed by atoms with E-state index in [1.807, 2.05) is 42.1 Å². The molecule has 0 saturated carbocycles. The summed E-state index contributed by atoms with van der Waals surface area (Å²) < 4.78 is 13.7. The van der Waals surface area contributed by atoms with Crippen LogP contribution in [0.3, 0.4) is 0 Å². The first-order valence-corrected chi connectivity index (χ1v) is 8.74. The predicted molar refractivity (Wildman–Crippen MR) is 98.5 cm³/mol. The Hall–Kier alpha value is -3.35. The van der Waals surface area contributed by atoms with Gasteiger partial charge in [0.05, 0.1) is 13.1 Å². The number of hydrogen-bond donors (Lipinski definition) is 0. The molecule has 3 heterocycles. The smallest absolute Gasteiger partial charge is 0.254 e. The van der Waals surface area contributed by atoms with Crippen LogP contribution < -0.4 is 9.47 Å². The van der Waals surface area contributed by atoms with Crippen molar-refractivity contribution < 1.29 is 14.3 Å². The van der Waals surface area contributed by atoms with Crippen molar-refractivity contribution >= 4 is 5.91 Å². The molecule has 2 aromatic heterocycles. The summed E-state index contributed by atoms with van der Waals surface area (Å²) in [6.45, 7) is 1.16. The van der Waals surface area contributed by atoms with Gasteiger partial charge in [0.1, 0.15) is 12.4 Å². The minimum atomic E-state index is -0.258. The summed E-state index contributed by atoms with van der Waals surface area (Å²) in [5.74, 6) is 2.13. The molecule has 0 N–H and O–H groups in total. The molecule has 1 aromatic carbocycles. The highest BCUT2D eigenvalue weighted by molar-refractivity contribution is 5.94. The number of hydrogen-bond acceptors (Lipinski definition) is 5. The fraction of sp³-hybridized carbons (Fsp3) is 0.250. The van der Waals surface area contributed by atoms with Gasteiger partial charge in [-0.25, -0.2) is 4.98 Å².